The second-order valence-corrected chi connectivity index (χ2v) is 6.61. The summed E-state index contributed by atoms with van der Waals surface area (Å²) in [6.45, 7) is 8.91. The van der Waals surface area contributed by atoms with Crippen LogP contribution in [0.5, 0.6) is 0 Å². The average molecular weight is 278 g/mol. The van der Waals surface area contributed by atoms with Crippen molar-refractivity contribution in [3.63, 3.8) is 0 Å². The molecular weight excluding hydrogens is 252 g/mol. The number of hydrogen-bond acceptors (Lipinski definition) is 2. The van der Waals surface area contributed by atoms with Crippen molar-refractivity contribution in [1.82, 2.24) is 9.88 Å². The zero-order valence-corrected chi connectivity index (χ0v) is 12.8. The maximum Gasteiger partial charge on any atom is 0.252 e. The van der Waals surface area contributed by atoms with E-state index in [-0.39, 0.29) is 11.4 Å². The Labute approximate surface area is 121 Å². The molecule has 0 unspecified atom stereocenters. The number of aromatic nitrogens is 1. The SMILES string of the molecule is CC(C)(C)n1ccc(C(=O)NCCC[C@H]2CCOC2)c1. The fourth-order valence-corrected chi connectivity index (χ4v) is 2.45. The molecule has 112 valence electrons. The Hall–Kier alpha value is -1.29. The second kappa shape index (κ2) is 6.44. The Bertz CT molecular complexity index is 440. The highest BCUT2D eigenvalue weighted by Crippen LogP contribution is 2.18. The highest BCUT2D eigenvalue weighted by atomic mass is 16.5. The van der Waals surface area contributed by atoms with Gasteiger partial charge in [0.2, 0.25) is 0 Å². The zero-order chi connectivity index (χ0) is 14.6. The van der Waals surface area contributed by atoms with Crippen molar-refractivity contribution in [1.29, 1.82) is 0 Å². The van der Waals surface area contributed by atoms with Gasteiger partial charge < -0.3 is 14.6 Å². The van der Waals surface area contributed by atoms with Crippen LogP contribution in [-0.4, -0.2) is 30.2 Å². The molecule has 1 saturated heterocycles. The molecule has 1 aromatic heterocycles. The van der Waals surface area contributed by atoms with E-state index in [4.69, 9.17) is 4.74 Å². The highest BCUT2D eigenvalue weighted by Gasteiger charge is 2.16. The molecule has 20 heavy (non-hydrogen) atoms. The molecule has 0 spiro atoms. The minimum Gasteiger partial charge on any atom is -0.381 e. The van der Waals surface area contributed by atoms with E-state index in [0.717, 1.165) is 38.2 Å². The Morgan fingerprint density at radius 3 is 2.90 bits per heavy atom. The van der Waals surface area contributed by atoms with Crippen molar-refractivity contribution in [2.24, 2.45) is 5.92 Å². The van der Waals surface area contributed by atoms with Crippen LogP contribution >= 0.6 is 0 Å². The van der Waals surface area contributed by atoms with E-state index >= 15 is 0 Å². The Morgan fingerprint density at radius 1 is 1.50 bits per heavy atom. The minimum atomic E-state index is 0.0149. The maximum absolute atomic E-state index is 12.0. The number of ether oxygens (including phenoxy) is 1. The normalized spacial score (nSPS) is 19.2. The number of nitrogens with zero attached hydrogens (tertiary/aromatic N) is 1. The molecule has 1 N–H and O–H groups in total. The summed E-state index contributed by atoms with van der Waals surface area (Å²) in [5.41, 5.74) is 0.755. The van der Waals surface area contributed by atoms with E-state index in [0.29, 0.717) is 5.92 Å². The third kappa shape index (κ3) is 4.10. The molecule has 1 amide bonds. The molecule has 0 bridgehead atoms. The van der Waals surface area contributed by atoms with Crippen LogP contribution in [0.15, 0.2) is 18.5 Å². The van der Waals surface area contributed by atoms with Gasteiger partial charge >= 0.3 is 0 Å². The molecule has 1 aliphatic heterocycles. The number of carbonyl (C=O) groups excluding carboxylic acids is 1. The summed E-state index contributed by atoms with van der Waals surface area (Å²) in [6, 6.07) is 1.88. The van der Waals surface area contributed by atoms with Crippen LogP contribution in [0, 0.1) is 5.92 Å². The number of nitrogens with one attached hydrogen (secondary N) is 1. The van der Waals surface area contributed by atoms with Crippen molar-refractivity contribution >= 4 is 5.91 Å². The lowest BCUT2D eigenvalue weighted by Crippen LogP contribution is -2.25. The number of amides is 1. The van der Waals surface area contributed by atoms with E-state index in [9.17, 15) is 4.79 Å². The molecule has 4 nitrogen and oxygen atoms in total. The topological polar surface area (TPSA) is 43.3 Å². The Morgan fingerprint density at radius 2 is 2.30 bits per heavy atom. The minimum absolute atomic E-state index is 0.0149. The summed E-state index contributed by atoms with van der Waals surface area (Å²) in [5.74, 6) is 0.713. The van der Waals surface area contributed by atoms with Gasteiger partial charge in [0.25, 0.3) is 5.91 Å². The molecule has 2 rings (SSSR count). The fraction of sp³-hybridized carbons (Fsp3) is 0.688. The molecule has 0 saturated carbocycles. The smallest absolute Gasteiger partial charge is 0.252 e. The van der Waals surface area contributed by atoms with Gasteiger partial charge in [0, 0.05) is 37.7 Å². The number of rotatable bonds is 5. The van der Waals surface area contributed by atoms with Crippen molar-refractivity contribution in [2.75, 3.05) is 19.8 Å². The lowest BCUT2D eigenvalue weighted by molar-refractivity contribution is 0.0952. The quantitative estimate of drug-likeness (QED) is 0.842. The molecular formula is C16H26N2O2. The van der Waals surface area contributed by atoms with Crippen molar-refractivity contribution in [2.45, 2.75) is 45.6 Å². The van der Waals surface area contributed by atoms with E-state index < -0.39 is 0 Å². The number of hydrogen-bond donors (Lipinski definition) is 1. The van der Waals surface area contributed by atoms with E-state index in [1.165, 1.54) is 6.42 Å². The van der Waals surface area contributed by atoms with Gasteiger partial charge in [0.15, 0.2) is 0 Å². The predicted molar refractivity (Wildman–Crippen MR) is 79.9 cm³/mol. The van der Waals surface area contributed by atoms with Crippen LogP contribution in [0.4, 0.5) is 0 Å². The highest BCUT2D eigenvalue weighted by molar-refractivity contribution is 5.94. The van der Waals surface area contributed by atoms with Crippen LogP contribution < -0.4 is 5.32 Å². The van der Waals surface area contributed by atoms with E-state index in [1.807, 2.05) is 18.5 Å². The molecule has 0 aromatic carbocycles. The lowest BCUT2D eigenvalue weighted by Gasteiger charge is -2.20. The first-order valence-corrected chi connectivity index (χ1v) is 7.51. The molecule has 1 fully saturated rings. The van der Waals surface area contributed by atoms with Gasteiger partial charge in [0.1, 0.15) is 0 Å². The van der Waals surface area contributed by atoms with Gasteiger partial charge in [-0.05, 0) is 52.0 Å². The van der Waals surface area contributed by atoms with Crippen molar-refractivity contribution in [3.05, 3.63) is 24.0 Å². The third-order valence-electron chi connectivity index (χ3n) is 3.83. The van der Waals surface area contributed by atoms with Crippen LogP contribution in [0.1, 0.15) is 50.4 Å². The van der Waals surface area contributed by atoms with Crippen LogP contribution in [0.25, 0.3) is 0 Å². The summed E-state index contributed by atoms with van der Waals surface area (Å²) in [4.78, 5) is 12.0. The second-order valence-electron chi connectivity index (χ2n) is 6.61. The maximum atomic E-state index is 12.0. The lowest BCUT2D eigenvalue weighted by atomic mass is 10.0. The Kier molecular flexibility index (Phi) is 4.86. The Balaban J connectivity index is 1.72. The first-order valence-electron chi connectivity index (χ1n) is 7.51. The van der Waals surface area contributed by atoms with Crippen LogP contribution in [0.3, 0.4) is 0 Å². The first kappa shape index (κ1) is 15.1. The third-order valence-corrected chi connectivity index (χ3v) is 3.83. The summed E-state index contributed by atoms with van der Waals surface area (Å²) in [5, 5.41) is 2.99. The summed E-state index contributed by atoms with van der Waals surface area (Å²) in [6.07, 6.45) is 7.22. The average Bonchev–Trinajstić information content (AvgIpc) is 3.04. The predicted octanol–water partition coefficient (Wildman–Crippen LogP) is 2.79. The first-order chi connectivity index (χ1) is 9.47. The molecule has 2 heterocycles. The molecule has 1 aromatic rings. The molecule has 1 aliphatic rings. The van der Waals surface area contributed by atoms with Gasteiger partial charge in [-0.15, -0.1) is 0 Å². The van der Waals surface area contributed by atoms with Gasteiger partial charge in [-0.25, -0.2) is 0 Å². The number of carbonyl (C=O) groups is 1. The molecule has 0 radical (unpaired) electrons. The van der Waals surface area contributed by atoms with Crippen molar-refractivity contribution in [3.8, 4) is 0 Å². The van der Waals surface area contributed by atoms with Crippen LogP contribution in [-0.2, 0) is 10.3 Å². The fourth-order valence-electron chi connectivity index (χ4n) is 2.45. The summed E-state index contributed by atoms with van der Waals surface area (Å²) in [7, 11) is 0. The monoisotopic (exact) mass is 278 g/mol. The van der Waals surface area contributed by atoms with E-state index in [1.54, 1.807) is 0 Å². The van der Waals surface area contributed by atoms with Crippen LogP contribution in [0.2, 0.25) is 0 Å². The largest absolute Gasteiger partial charge is 0.381 e. The summed E-state index contributed by atoms with van der Waals surface area (Å²) < 4.78 is 7.42. The van der Waals surface area contributed by atoms with Crippen molar-refractivity contribution < 1.29 is 9.53 Å². The van der Waals surface area contributed by atoms with Gasteiger partial charge in [-0.3, -0.25) is 4.79 Å². The van der Waals surface area contributed by atoms with Gasteiger partial charge in [-0.2, -0.15) is 0 Å². The molecule has 0 aliphatic carbocycles. The van der Waals surface area contributed by atoms with Gasteiger partial charge in [0.05, 0.1) is 5.56 Å². The summed E-state index contributed by atoms with van der Waals surface area (Å²) >= 11 is 0. The van der Waals surface area contributed by atoms with Gasteiger partial charge in [-0.1, -0.05) is 0 Å². The molecule has 1 atom stereocenters. The molecule has 4 heteroatoms. The zero-order valence-electron chi connectivity index (χ0n) is 12.8. The van der Waals surface area contributed by atoms with E-state index in [2.05, 4.69) is 30.7 Å². The standard InChI is InChI=1S/C16H26N2O2/c1-16(2,3)18-9-6-14(11-18)15(19)17-8-4-5-13-7-10-20-12-13/h6,9,11,13H,4-5,7-8,10,12H2,1-3H3,(H,17,19)/t13-/m0/s1.